The molecule has 3 nitrogen and oxygen atoms in total. The Morgan fingerprint density at radius 1 is 1.08 bits per heavy atom. The van der Waals surface area contributed by atoms with Crippen molar-refractivity contribution in [3.63, 3.8) is 0 Å². The molecule has 1 heterocycles. The molecule has 1 aliphatic heterocycles. The van der Waals surface area contributed by atoms with Crippen LogP contribution in [0.5, 0.6) is 0 Å². The second-order valence-electron chi connectivity index (χ2n) is 7.00. The molecule has 2 aromatic carbocycles. The highest BCUT2D eigenvalue weighted by Gasteiger charge is 2.45. The van der Waals surface area contributed by atoms with Crippen LogP contribution in [0.1, 0.15) is 30.5 Å². The number of nitrogens with zero attached hydrogens (tertiary/aromatic N) is 1. The van der Waals surface area contributed by atoms with E-state index in [9.17, 15) is 8.42 Å². The van der Waals surface area contributed by atoms with Gasteiger partial charge in [0.05, 0.1) is 17.5 Å². The van der Waals surface area contributed by atoms with E-state index in [0.717, 1.165) is 0 Å². The Morgan fingerprint density at radius 2 is 1.60 bits per heavy atom. The minimum absolute atomic E-state index is 0.00120. The summed E-state index contributed by atoms with van der Waals surface area (Å²) in [5.41, 5.74) is 1.94. The number of hydrogen-bond donors (Lipinski definition) is 0. The van der Waals surface area contributed by atoms with Gasteiger partial charge in [-0.1, -0.05) is 66.7 Å². The monoisotopic (exact) mass is 355 g/mol. The van der Waals surface area contributed by atoms with Crippen LogP contribution >= 0.6 is 0 Å². The largest absolute Gasteiger partial charge is 0.282 e. The molecule has 4 heteroatoms. The van der Waals surface area contributed by atoms with Gasteiger partial charge < -0.3 is 0 Å². The molecule has 0 saturated carbocycles. The third kappa shape index (κ3) is 3.86. The zero-order chi connectivity index (χ0) is 17.9. The van der Waals surface area contributed by atoms with E-state index in [1.54, 1.807) is 0 Å². The van der Waals surface area contributed by atoms with Gasteiger partial charge in [-0.25, -0.2) is 8.42 Å². The van der Waals surface area contributed by atoms with Crippen LogP contribution in [0.25, 0.3) is 0 Å². The summed E-state index contributed by atoms with van der Waals surface area (Å²) in [6, 6.07) is 20.6. The van der Waals surface area contributed by atoms with Crippen molar-refractivity contribution < 1.29 is 8.42 Å². The van der Waals surface area contributed by atoms with Gasteiger partial charge in [-0.2, -0.15) is 0 Å². The lowest BCUT2D eigenvalue weighted by atomic mass is 9.90. The van der Waals surface area contributed by atoms with Crippen molar-refractivity contribution in [1.82, 2.24) is 4.90 Å². The molecular weight excluding hydrogens is 330 g/mol. The molecule has 0 aliphatic carbocycles. The predicted molar refractivity (Wildman–Crippen MR) is 103 cm³/mol. The van der Waals surface area contributed by atoms with Crippen molar-refractivity contribution in [3.05, 3.63) is 84.4 Å². The summed E-state index contributed by atoms with van der Waals surface area (Å²) in [6.07, 6.45) is 2.52. The van der Waals surface area contributed by atoms with Crippen molar-refractivity contribution in [2.45, 2.75) is 24.9 Å². The standard InChI is InChI=1S/C21H25NO2S/c1-3-15-22(21(2)14-16-25(23,24)17-21)20(18-10-6-4-7-11-18)19-12-8-5-9-13-19/h3-13,20H,1,14-17H2,2H3/t21-/m1/s1. The van der Waals surface area contributed by atoms with Crippen molar-refractivity contribution in [2.24, 2.45) is 0 Å². The molecule has 0 spiro atoms. The third-order valence-electron chi connectivity index (χ3n) is 5.04. The first kappa shape index (κ1) is 17.9. The summed E-state index contributed by atoms with van der Waals surface area (Å²) in [5, 5.41) is 0. The Balaban J connectivity index is 2.10. The topological polar surface area (TPSA) is 37.4 Å². The van der Waals surface area contributed by atoms with Gasteiger partial charge in [0.25, 0.3) is 0 Å². The molecular formula is C21H25NO2S. The number of benzene rings is 2. The molecule has 0 unspecified atom stereocenters. The highest BCUT2D eigenvalue weighted by Crippen LogP contribution is 2.39. The van der Waals surface area contributed by atoms with E-state index in [-0.39, 0.29) is 17.5 Å². The van der Waals surface area contributed by atoms with Crippen LogP contribution in [-0.2, 0) is 9.84 Å². The molecule has 0 bridgehead atoms. The van der Waals surface area contributed by atoms with Crippen LogP contribution in [0, 0.1) is 0 Å². The zero-order valence-electron chi connectivity index (χ0n) is 14.6. The molecule has 3 rings (SSSR count). The Labute approximate surface area is 150 Å². The average Bonchev–Trinajstić information content (AvgIpc) is 2.91. The average molecular weight is 356 g/mol. The van der Waals surface area contributed by atoms with Gasteiger partial charge in [0.15, 0.2) is 9.84 Å². The first-order valence-electron chi connectivity index (χ1n) is 8.63. The smallest absolute Gasteiger partial charge is 0.152 e. The lowest BCUT2D eigenvalue weighted by Crippen LogP contribution is -2.49. The normalized spacial score (nSPS) is 22.4. The van der Waals surface area contributed by atoms with E-state index in [0.29, 0.717) is 13.0 Å². The minimum Gasteiger partial charge on any atom is -0.282 e. The van der Waals surface area contributed by atoms with Crippen LogP contribution < -0.4 is 0 Å². The van der Waals surface area contributed by atoms with E-state index in [2.05, 4.69) is 42.7 Å². The lowest BCUT2D eigenvalue weighted by molar-refractivity contribution is 0.106. The summed E-state index contributed by atoms with van der Waals surface area (Å²) in [6.45, 7) is 6.63. The van der Waals surface area contributed by atoms with E-state index in [1.165, 1.54) is 11.1 Å². The van der Waals surface area contributed by atoms with Gasteiger partial charge in [0, 0.05) is 12.1 Å². The fraction of sp³-hybridized carbons (Fsp3) is 0.333. The van der Waals surface area contributed by atoms with Gasteiger partial charge in [-0.3, -0.25) is 4.90 Å². The molecule has 132 valence electrons. The van der Waals surface area contributed by atoms with Crippen LogP contribution in [0.4, 0.5) is 0 Å². The van der Waals surface area contributed by atoms with E-state index in [4.69, 9.17) is 0 Å². The Morgan fingerprint density at radius 3 is 2.00 bits per heavy atom. The van der Waals surface area contributed by atoms with Crippen LogP contribution in [0.2, 0.25) is 0 Å². The van der Waals surface area contributed by atoms with Gasteiger partial charge in [0.1, 0.15) is 0 Å². The fourth-order valence-corrected chi connectivity index (χ4v) is 5.97. The molecule has 25 heavy (non-hydrogen) atoms. The maximum atomic E-state index is 12.2. The Bertz CT molecular complexity index is 778. The quantitative estimate of drug-likeness (QED) is 0.739. The maximum absolute atomic E-state index is 12.2. The zero-order valence-corrected chi connectivity index (χ0v) is 15.5. The molecule has 1 aliphatic rings. The van der Waals surface area contributed by atoms with Crippen molar-refractivity contribution in [3.8, 4) is 0 Å². The molecule has 0 N–H and O–H groups in total. The molecule has 0 radical (unpaired) electrons. The highest BCUT2D eigenvalue weighted by atomic mass is 32.2. The fourth-order valence-electron chi connectivity index (χ4n) is 3.82. The Kier molecular flexibility index (Phi) is 5.11. The van der Waals surface area contributed by atoms with Gasteiger partial charge in [-0.05, 0) is 24.5 Å². The predicted octanol–water partition coefficient (Wildman–Crippen LogP) is 3.84. The molecule has 0 aromatic heterocycles. The van der Waals surface area contributed by atoms with Crippen molar-refractivity contribution >= 4 is 9.84 Å². The van der Waals surface area contributed by atoms with Gasteiger partial charge in [0.2, 0.25) is 0 Å². The maximum Gasteiger partial charge on any atom is 0.152 e. The van der Waals surface area contributed by atoms with Gasteiger partial charge >= 0.3 is 0 Å². The SMILES string of the molecule is C=CCN(C(c1ccccc1)c1ccccc1)[C@]1(C)CCS(=O)(=O)C1. The van der Waals surface area contributed by atoms with Crippen LogP contribution in [-0.4, -0.2) is 36.9 Å². The van der Waals surface area contributed by atoms with Crippen molar-refractivity contribution in [1.29, 1.82) is 0 Å². The summed E-state index contributed by atoms with van der Waals surface area (Å²) < 4.78 is 24.4. The van der Waals surface area contributed by atoms with Gasteiger partial charge in [-0.15, -0.1) is 6.58 Å². The third-order valence-corrected chi connectivity index (χ3v) is 6.93. The molecule has 0 amide bonds. The molecule has 1 atom stereocenters. The number of hydrogen-bond acceptors (Lipinski definition) is 3. The summed E-state index contributed by atoms with van der Waals surface area (Å²) in [7, 11) is -2.99. The van der Waals surface area contributed by atoms with Crippen molar-refractivity contribution in [2.75, 3.05) is 18.1 Å². The number of rotatable bonds is 6. The molecule has 2 aromatic rings. The number of sulfone groups is 1. The van der Waals surface area contributed by atoms with E-state index in [1.807, 2.05) is 42.5 Å². The summed E-state index contributed by atoms with van der Waals surface area (Å²) in [4.78, 5) is 2.30. The van der Waals surface area contributed by atoms with Crippen LogP contribution in [0.15, 0.2) is 73.3 Å². The first-order chi connectivity index (χ1) is 12.0. The minimum atomic E-state index is -2.99. The second-order valence-corrected chi connectivity index (χ2v) is 9.19. The second kappa shape index (κ2) is 7.14. The summed E-state index contributed by atoms with van der Waals surface area (Å²) in [5.74, 6) is 0.456. The van der Waals surface area contributed by atoms with Crippen LogP contribution in [0.3, 0.4) is 0 Å². The lowest BCUT2D eigenvalue weighted by Gasteiger charge is -2.43. The Hall–Kier alpha value is -1.91. The highest BCUT2D eigenvalue weighted by molar-refractivity contribution is 7.91. The molecule has 1 saturated heterocycles. The first-order valence-corrected chi connectivity index (χ1v) is 10.5. The molecule has 1 fully saturated rings. The van der Waals surface area contributed by atoms with E-state index < -0.39 is 15.4 Å². The van der Waals surface area contributed by atoms with E-state index >= 15 is 0 Å². The summed E-state index contributed by atoms with van der Waals surface area (Å²) >= 11 is 0.